The molecule has 4 heteroatoms. The van der Waals surface area contributed by atoms with Gasteiger partial charge in [0, 0.05) is 44.3 Å². The van der Waals surface area contributed by atoms with Crippen molar-refractivity contribution in [2.45, 2.75) is 0 Å². The molecule has 0 bridgehead atoms. The molecule has 0 aliphatic carbocycles. The van der Waals surface area contributed by atoms with Crippen LogP contribution in [0.2, 0.25) is 0 Å². The minimum atomic E-state index is 0.862. The van der Waals surface area contributed by atoms with Crippen LogP contribution in [-0.2, 0) is 0 Å². The highest BCUT2D eigenvalue weighted by molar-refractivity contribution is 6.30. The summed E-state index contributed by atoms with van der Waals surface area (Å²) >= 11 is 0. The van der Waals surface area contributed by atoms with Gasteiger partial charge in [-0.05, 0) is 127 Å². The van der Waals surface area contributed by atoms with Crippen molar-refractivity contribution in [3.63, 3.8) is 0 Å². The average Bonchev–Trinajstić information content (AvgIpc) is 4.01. The molecule has 0 amide bonds. The molecule has 68 heavy (non-hydrogen) atoms. The lowest BCUT2D eigenvalue weighted by Crippen LogP contribution is -2.10. The van der Waals surface area contributed by atoms with Crippen LogP contribution in [0.25, 0.3) is 98.1 Å². The third-order valence-corrected chi connectivity index (χ3v) is 13.8. The number of rotatable bonds is 7. The maximum Gasteiger partial charge on any atom is 0.160 e. The number of para-hydroxylation sites is 2. The van der Waals surface area contributed by atoms with Crippen LogP contribution in [0.1, 0.15) is 0 Å². The van der Waals surface area contributed by atoms with E-state index < -0.39 is 0 Å². The Balaban J connectivity index is 0.893. The van der Waals surface area contributed by atoms with E-state index in [0.29, 0.717) is 0 Å². The van der Waals surface area contributed by atoms with Crippen LogP contribution in [0.3, 0.4) is 0 Å². The van der Waals surface area contributed by atoms with Crippen LogP contribution >= 0.6 is 0 Å². The molecule has 2 heterocycles. The second-order valence-electron chi connectivity index (χ2n) is 17.6. The van der Waals surface area contributed by atoms with Crippen LogP contribution in [0, 0.1) is 0 Å². The van der Waals surface area contributed by atoms with Crippen molar-refractivity contribution in [2.24, 2.45) is 0 Å². The van der Waals surface area contributed by atoms with Crippen molar-refractivity contribution in [2.75, 3.05) is 9.80 Å². The van der Waals surface area contributed by atoms with E-state index in [0.717, 1.165) is 99.9 Å². The second-order valence-corrected chi connectivity index (χ2v) is 17.6. The van der Waals surface area contributed by atoms with E-state index in [2.05, 4.69) is 252 Å². The van der Waals surface area contributed by atoms with Crippen LogP contribution in [0.4, 0.5) is 34.1 Å². The van der Waals surface area contributed by atoms with Crippen LogP contribution < -0.4 is 9.80 Å². The fourth-order valence-electron chi connectivity index (χ4n) is 10.7. The molecule has 0 N–H and O–H groups in total. The molecule has 0 atom stereocenters. The lowest BCUT2D eigenvalue weighted by molar-refractivity contribution is 0.669. The Kier molecular flexibility index (Phi) is 8.55. The fraction of sp³-hybridized carbons (Fsp3) is 0. The molecule has 0 saturated carbocycles. The Hall–Kier alpha value is -9.12. The SMILES string of the molecule is c1ccc(N(c2ccc(-c3ccc(N(c4ccccc4)c4cc5ccccc5c5c4oc4ccc6ccccc6c45)cc3)cc2)c2cc3ccccc3c3c2oc2ccc4ccccc4c23)cc1. The van der Waals surface area contributed by atoms with E-state index in [1.165, 1.54) is 32.3 Å². The summed E-state index contributed by atoms with van der Waals surface area (Å²) in [6.45, 7) is 0. The summed E-state index contributed by atoms with van der Waals surface area (Å²) in [6, 6.07) is 86.6. The van der Waals surface area contributed by atoms with Gasteiger partial charge in [0.2, 0.25) is 0 Å². The summed E-state index contributed by atoms with van der Waals surface area (Å²) in [4.78, 5) is 4.66. The van der Waals surface area contributed by atoms with Gasteiger partial charge >= 0.3 is 0 Å². The summed E-state index contributed by atoms with van der Waals surface area (Å²) in [5.74, 6) is 0. The van der Waals surface area contributed by atoms with E-state index >= 15 is 0 Å². The third-order valence-electron chi connectivity index (χ3n) is 13.8. The van der Waals surface area contributed by atoms with E-state index in [9.17, 15) is 0 Å². The molecule has 0 aliphatic heterocycles. The van der Waals surface area contributed by atoms with Crippen molar-refractivity contribution in [1.29, 1.82) is 0 Å². The fourth-order valence-corrected chi connectivity index (χ4v) is 10.7. The predicted molar refractivity (Wildman–Crippen MR) is 286 cm³/mol. The van der Waals surface area contributed by atoms with Gasteiger partial charge in [0.15, 0.2) is 11.2 Å². The first-order valence-electron chi connectivity index (χ1n) is 23.2. The lowest BCUT2D eigenvalue weighted by Gasteiger charge is -2.27. The lowest BCUT2D eigenvalue weighted by atomic mass is 9.98. The minimum Gasteiger partial charge on any atom is -0.454 e. The first kappa shape index (κ1) is 38.2. The zero-order chi connectivity index (χ0) is 44.7. The topological polar surface area (TPSA) is 32.8 Å². The molecule has 4 nitrogen and oxygen atoms in total. The number of hydrogen-bond donors (Lipinski definition) is 0. The number of furan rings is 2. The smallest absolute Gasteiger partial charge is 0.160 e. The highest BCUT2D eigenvalue weighted by Gasteiger charge is 2.25. The standard InChI is InChI=1S/C64H40N2O2/c1-3-19-47(20-4-1)65(55-39-45-17-9-13-25-53(45)61-59-51-23-11-7-15-43(51)31-37-57(59)67-63(55)61)49-33-27-41(28-34-49)42-29-35-50(36-30-42)66(48-21-5-2-6-22-48)56-40-46-18-10-14-26-54(46)62-60-52-24-12-8-16-44(52)32-38-58(60)68-64(56)62/h1-40H. The molecule has 0 saturated heterocycles. The molecule has 0 unspecified atom stereocenters. The quantitative estimate of drug-likeness (QED) is 0.160. The van der Waals surface area contributed by atoms with Gasteiger partial charge in [0.05, 0.1) is 11.4 Å². The maximum absolute atomic E-state index is 6.94. The molecule has 0 radical (unpaired) electrons. The van der Waals surface area contributed by atoms with Gasteiger partial charge in [-0.25, -0.2) is 0 Å². The van der Waals surface area contributed by atoms with Crippen molar-refractivity contribution >= 4 is 121 Å². The van der Waals surface area contributed by atoms with Crippen molar-refractivity contribution in [3.05, 3.63) is 243 Å². The number of hydrogen-bond acceptors (Lipinski definition) is 4. The van der Waals surface area contributed by atoms with Gasteiger partial charge in [-0.3, -0.25) is 0 Å². The summed E-state index contributed by atoms with van der Waals surface area (Å²) in [5, 5.41) is 14.0. The van der Waals surface area contributed by atoms with E-state index in [1.807, 2.05) is 0 Å². The van der Waals surface area contributed by atoms with E-state index in [4.69, 9.17) is 8.83 Å². The first-order chi connectivity index (χ1) is 33.7. The molecule has 14 aromatic rings. The Morgan fingerprint density at radius 2 is 0.574 bits per heavy atom. The number of nitrogens with zero attached hydrogens (tertiary/aromatic N) is 2. The summed E-state index contributed by atoms with van der Waals surface area (Å²) in [5.41, 5.74) is 11.9. The highest BCUT2D eigenvalue weighted by atomic mass is 16.3. The minimum absolute atomic E-state index is 0.862. The number of benzene rings is 12. The Morgan fingerprint density at radius 3 is 0.971 bits per heavy atom. The Morgan fingerprint density at radius 1 is 0.250 bits per heavy atom. The molecule has 14 rings (SSSR count). The van der Waals surface area contributed by atoms with Gasteiger partial charge in [0.1, 0.15) is 11.2 Å². The average molecular weight is 869 g/mol. The van der Waals surface area contributed by atoms with Gasteiger partial charge in [0.25, 0.3) is 0 Å². The Bertz CT molecular complexity index is 3970. The zero-order valence-corrected chi connectivity index (χ0v) is 36.8. The second kappa shape index (κ2) is 15.2. The van der Waals surface area contributed by atoms with Crippen molar-refractivity contribution in [1.82, 2.24) is 0 Å². The Labute approximate surface area is 391 Å². The molecular formula is C64H40N2O2. The number of anilines is 6. The van der Waals surface area contributed by atoms with Crippen molar-refractivity contribution in [3.8, 4) is 11.1 Å². The largest absolute Gasteiger partial charge is 0.454 e. The zero-order valence-electron chi connectivity index (χ0n) is 36.8. The van der Waals surface area contributed by atoms with Gasteiger partial charge in [-0.15, -0.1) is 0 Å². The highest BCUT2D eigenvalue weighted by Crippen LogP contribution is 2.49. The maximum atomic E-state index is 6.94. The van der Waals surface area contributed by atoms with Crippen LogP contribution in [-0.4, -0.2) is 0 Å². The molecule has 12 aromatic carbocycles. The predicted octanol–water partition coefficient (Wildman–Crippen LogP) is 18.7. The van der Waals surface area contributed by atoms with Gasteiger partial charge < -0.3 is 18.6 Å². The molecule has 0 spiro atoms. The van der Waals surface area contributed by atoms with Crippen LogP contribution in [0.5, 0.6) is 0 Å². The molecule has 0 fully saturated rings. The van der Waals surface area contributed by atoms with Gasteiger partial charge in [-0.2, -0.15) is 0 Å². The van der Waals surface area contributed by atoms with Crippen LogP contribution in [0.15, 0.2) is 251 Å². The molecular weight excluding hydrogens is 829 g/mol. The first-order valence-corrected chi connectivity index (χ1v) is 23.2. The summed E-state index contributed by atoms with van der Waals surface area (Å²) < 4.78 is 13.9. The van der Waals surface area contributed by atoms with E-state index in [-0.39, 0.29) is 0 Å². The third kappa shape index (κ3) is 5.94. The summed E-state index contributed by atoms with van der Waals surface area (Å²) in [6.07, 6.45) is 0. The monoisotopic (exact) mass is 868 g/mol. The van der Waals surface area contributed by atoms with E-state index in [1.54, 1.807) is 0 Å². The number of fused-ring (bicyclic) bond motifs is 14. The van der Waals surface area contributed by atoms with Crippen molar-refractivity contribution < 1.29 is 8.83 Å². The normalized spacial score (nSPS) is 11.8. The molecule has 0 aliphatic rings. The molecule has 318 valence electrons. The van der Waals surface area contributed by atoms with Gasteiger partial charge in [-0.1, -0.05) is 170 Å². The molecule has 2 aromatic heterocycles. The summed E-state index contributed by atoms with van der Waals surface area (Å²) in [7, 11) is 0.